The minimum absolute atomic E-state index is 0.0144. The average Bonchev–Trinajstić information content (AvgIpc) is 2.29. The quantitative estimate of drug-likeness (QED) is 0.519. The molecule has 0 aromatic heterocycles. The molecule has 0 radical (unpaired) electrons. The second-order valence-corrected chi connectivity index (χ2v) is 3.52. The summed E-state index contributed by atoms with van der Waals surface area (Å²) in [6, 6.07) is 0. The van der Waals surface area contributed by atoms with Crippen molar-refractivity contribution in [3.63, 3.8) is 0 Å². The normalized spacial score (nSPS) is 17.4. The first-order valence-electron chi connectivity index (χ1n) is 5.02. The Bertz CT molecular complexity index is 299. The lowest BCUT2D eigenvalue weighted by atomic mass is 10.1. The van der Waals surface area contributed by atoms with E-state index in [1.54, 1.807) is 17.1 Å². The molecule has 3 nitrogen and oxygen atoms in total. The SMILES string of the molecule is C=CC(C)=CC(=C)C(=O)N1CCOCC1. The Morgan fingerprint density at radius 3 is 2.53 bits per heavy atom. The number of allylic oxidation sites excluding steroid dienone is 2. The lowest BCUT2D eigenvalue weighted by Gasteiger charge is -2.27. The number of rotatable bonds is 3. The molecule has 82 valence electrons. The topological polar surface area (TPSA) is 29.5 Å². The lowest BCUT2D eigenvalue weighted by Crippen LogP contribution is -2.41. The van der Waals surface area contributed by atoms with E-state index in [0.717, 1.165) is 5.57 Å². The monoisotopic (exact) mass is 207 g/mol. The molecule has 0 atom stereocenters. The van der Waals surface area contributed by atoms with Crippen molar-refractivity contribution in [2.24, 2.45) is 0 Å². The molecule has 0 saturated carbocycles. The third-order valence-corrected chi connectivity index (χ3v) is 2.30. The molecule has 1 rings (SSSR count). The first-order valence-corrected chi connectivity index (χ1v) is 5.02. The Morgan fingerprint density at radius 1 is 1.40 bits per heavy atom. The fourth-order valence-corrected chi connectivity index (χ4v) is 1.37. The van der Waals surface area contributed by atoms with Crippen LogP contribution in [0.25, 0.3) is 0 Å². The third kappa shape index (κ3) is 3.36. The van der Waals surface area contributed by atoms with Gasteiger partial charge in [0.15, 0.2) is 0 Å². The molecule has 0 bridgehead atoms. The van der Waals surface area contributed by atoms with Crippen molar-refractivity contribution in [2.45, 2.75) is 6.92 Å². The maximum absolute atomic E-state index is 11.8. The second-order valence-electron chi connectivity index (χ2n) is 3.52. The molecule has 1 saturated heterocycles. The zero-order chi connectivity index (χ0) is 11.3. The fourth-order valence-electron chi connectivity index (χ4n) is 1.37. The van der Waals surface area contributed by atoms with Gasteiger partial charge in [0, 0.05) is 18.7 Å². The van der Waals surface area contributed by atoms with Crippen LogP contribution in [0.2, 0.25) is 0 Å². The predicted octanol–water partition coefficient (Wildman–Crippen LogP) is 1.53. The van der Waals surface area contributed by atoms with Crippen LogP contribution in [0.1, 0.15) is 6.92 Å². The van der Waals surface area contributed by atoms with Crippen molar-refractivity contribution in [2.75, 3.05) is 26.3 Å². The summed E-state index contributed by atoms with van der Waals surface area (Å²) in [4.78, 5) is 13.6. The summed E-state index contributed by atoms with van der Waals surface area (Å²) in [7, 11) is 0. The first-order chi connectivity index (χ1) is 7.15. The van der Waals surface area contributed by atoms with Crippen molar-refractivity contribution in [1.82, 2.24) is 4.90 Å². The summed E-state index contributed by atoms with van der Waals surface area (Å²) in [6.45, 7) is 11.8. The molecule has 1 aliphatic heterocycles. The number of nitrogens with zero attached hydrogens (tertiary/aromatic N) is 1. The van der Waals surface area contributed by atoms with Crippen LogP contribution < -0.4 is 0 Å². The van der Waals surface area contributed by atoms with E-state index in [2.05, 4.69) is 13.2 Å². The summed E-state index contributed by atoms with van der Waals surface area (Å²) in [5, 5.41) is 0. The van der Waals surface area contributed by atoms with Crippen LogP contribution in [0.5, 0.6) is 0 Å². The summed E-state index contributed by atoms with van der Waals surface area (Å²) in [5.41, 5.74) is 1.45. The highest BCUT2D eigenvalue weighted by Gasteiger charge is 2.17. The number of hydrogen-bond donors (Lipinski definition) is 0. The van der Waals surface area contributed by atoms with Crippen LogP contribution in [0.4, 0.5) is 0 Å². The molecule has 0 aromatic rings. The molecule has 1 heterocycles. The van der Waals surface area contributed by atoms with Gasteiger partial charge in [-0.25, -0.2) is 0 Å². The molecule has 1 fully saturated rings. The molecule has 15 heavy (non-hydrogen) atoms. The minimum atomic E-state index is -0.0144. The zero-order valence-corrected chi connectivity index (χ0v) is 9.16. The van der Waals surface area contributed by atoms with Gasteiger partial charge >= 0.3 is 0 Å². The highest BCUT2D eigenvalue weighted by atomic mass is 16.5. The first kappa shape index (κ1) is 11.7. The van der Waals surface area contributed by atoms with Crippen molar-refractivity contribution < 1.29 is 9.53 Å². The maximum Gasteiger partial charge on any atom is 0.253 e. The Labute approximate surface area is 90.7 Å². The van der Waals surface area contributed by atoms with Crippen LogP contribution >= 0.6 is 0 Å². The summed E-state index contributed by atoms with van der Waals surface area (Å²) >= 11 is 0. The Kier molecular flexibility index (Phi) is 4.31. The van der Waals surface area contributed by atoms with Crippen LogP contribution in [-0.4, -0.2) is 37.1 Å². The lowest BCUT2D eigenvalue weighted by molar-refractivity contribution is -0.130. The number of carbonyl (C=O) groups is 1. The second kappa shape index (κ2) is 5.51. The molecular formula is C12H17NO2. The van der Waals surface area contributed by atoms with Gasteiger partial charge in [0.05, 0.1) is 13.2 Å². The number of morpholine rings is 1. The summed E-state index contributed by atoms with van der Waals surface area (Å²) in [6.07, 6.45) is 3.46. The summed E-state index contributed by atoms with van der Waals surface area (Å²) in [5.74, 6) is -0.0144. The smallest absolute Gasteiger partial charge is 0.253 e. The van der Waals surface area contributed by atoms with Gasteiger partial charge in [-0.15, -0.1) is 0 Å². The van der Waals surface area contributed by atoms with Crippen LogP contribution in [0.3, 0.4) is 0 Å². The van der Waals surface area contributed by atoms with Crippen molar-refractivity contribution in [3.8, 4) is 0 Å². The predicted molar refractivity (Wildman–Crippen MR) is 60.5 cm³/mol. The van der Waals surface area contributed by atoms with Gasteiger partial charge in [0.1, 0.15) is 0 Å². The zero-order valence-electron chi connectivity index (χ0n) is 9.16. The minimum Gasteiger partial charge on any atom is -0.378 e. The molecule has 3 heteroatoms. The van der Waals surface area contributed by atoms with Gasteiger partial charge in [0.2, 0.25) is 0 Å². The van der Waals surface area contributed by atoms with Crippen LogP contribution in [0, 0.1) is 0 Å². The molecule has 0 aromatic carbocycles. The van der Waals surface area contributed by atoms with Crippen molar-refractivity contribution >= 4 is 5.91 Å². The highest BCUT2D eigenvalue weighted by molar-refractivity contribution is 5.95. The molecule has 0 aliphatic carbocycles. The Morgan fingerprint density at radius 2 is 2.00 bits per heavy atom. The fraction of sp³-hybridized carbons (Fsp3) is 0.417. The standard InChI is InChI=1S/C12H17NO2/c1-4-10(2)9-11(3)12(14)13-5-7-15-8-6-13/h4,9H,1,3,5-8H2,2H3. The largest absolute Gasteiger partial charge is 0.378 e. The van der Waals surface area contributed by atoms with Crippen LogP contribution in [-0.2, 0) is 9.53 Å². The van der Waals surface area contributed by atoms with Gasteiger partial charge in [-0.3, -0.25) is 4.79 Å². The van der Waals surface area contributed by atoms with Crippen molar-refractivity contribution in [1.29, 1.82) is 0 Å². The van der Waals surface area contributed by atoms with Gasteiger partial charge in [-0.05, 0) is 13.0 Å². The van der Waals surface area contributed by atoms with Gasteiger partial charge in [-0.1, -0.05) is 24.8 Å². The van der Waals surface area contributed by atoms with Gasteiger partial charge in [0.25, 0.3) is 5.91 Å². The Hall–Kier alpha value is -1.35. The number of amides is 1. The summed E-state index contributed by atoms with van der Waals surface area (Å²) < 4.78 is 5.18. The van der Waals surface area contributed by atoms with E-state index in [0.29, 0.717) is 31.9 Å². The maximum atomic E-state index is 11.8. The molecule has 0 spiro atoms. The number of carbonyl (C=O) groups excluding carboxylic acids is 1. The number of hydrogen-bond acceptors (Lipinski definition) is 2. The van der Waals surface area contributed by atoms with Crippen molar-refractivity contribution in [3.05, 3.63) is 36.5 Å². The highest BCUT2D eigenvalue weighted by Crippen LogP contribution is 2.07. The van der Waals surface area contributed by atoms with E-state index in [9.17, 15) is 4.79 Å². The third-order valence-electron chi connectivity index (χ3n) is 2.30. The van der Waals surface area contributed by atoms with E-state index in [1.165, 1.54) is 0 Å². The van der Waals surface area contributed by atoms with Gasteiger partial charge in [-0.2, -0.15) is 0 Å². The molecule has 0 unspecified atom stereocenters. The molecule has 1 aliphatic rings. The number of ether oxygens (including phenoxy) is 1. The van der Waals surface area contributed by atoms with E-state index >= 15 is 0 Å². The Balaban J connectivity index is 2.59. The molecule has 0 N–H and O–H groups in total. The average molecular weight is 207 g/mol. The van der Waals surface area contributed by atoms with E-state index < -0.39 is 0 Å². The van der Waals surface area contributed by atoms with Crippen LogP contribution in [0.15, 0.2) is 36.5 Å². The molecular weight excluding hydrogens is 190 g/mol. The van der Waals surface area contributed by atoms with E-state index in [1.807, 2.05) is 6.92 Å². The van der Waals surface area contributed by atoms with E-state index in [4.69, 9.17) is 4.74 Å². The van der Waals surface area contributed by atoms with E-state index in [-0.39, 0.29) is 5.91 Å². The molecule has 1 amide bonds. The van der Waals surface area contributed by atoms with Gasteiger partial charge < -0.3 is 9.64 Å².